The summed E-state index contributed by atoms with van der Waals surface area (Å²) in [6.45, 7) is 2.22. The quantitative estimate of drug-likeness (QED) is 0.322. The summed E-state index contributed by atoms with van der Waals surface area (Å²) >= 11 is 0. The van der Waals surface area contributed by atoms with E-state index in [1.54, 1.807) is 0 Å². The maximum Gasteiger partial charge on any atom is 0.203 e. The summed E-state index contributed by atoms with van der Waals surface area (Å²) in [7, 11) is 0.821. The van der Waals surface area contributed by atoms with Gasteiger partial charge in [-0.1, -0.05) is 25.8 Å². The summed E-state index contributed by atoms with van der Waals surface area (Å²) in [5.74, 6) is 0. The first-order valence-corrected chi connectivity index (χ1v) is 4.41. The topological polar surface area (TPSA) is 9.23 Å². The SMILES string of the molecule is CCCCCC=CO[SiH3]. The van der Waals surface area contributed by atoms with Crippen molar-refractivity contribution in [2.45, 2.75) is 32.6 Å². The number of rotatable bonds is 5. The highest BCUT2D eigenvalue weighted by Gasteiger charge is 1.79. The molecule has 0 unspecified atom stereocenters. The molecule has 0 spiro atoms. The van der Waals surface area contributed by atoms with Crippen molar-refractivity contribution in [3.8, 4) is 0 Å². The standard InChI is InChI=1S/C7H16OSi/c1-2-3-4-5-6-7-8-9/h6-7H,2-5H2,1,9H3. The number of allylic oxidation sites excluding steroid dienone is 1. The molecule has 9 heavy (non-hydrogen) atoms. The zero-order chi connectivity index (χ0) is 6.95. The second-order valence-electron chi connectivity index (χ2n) is 2.10. The fraction of sp³-hybridized carbons (Fsp3) is 0.714. The first-order chi connectivity index (χ1) is 4.41. The van der Waals surface area contributed by atoms with Crippen LogP contribution < -0.4 is 0 Å². The van der Waals surface area contributed by atoms with Gasteiger partial charge in [0.15, 0.2) is 0 Å². The third-order valence-corrected chi connectivity index (χ3v) is 1.48. The Morgan fingerprint density at radius 3 is 2.78 bits per heavy atom. The van der Waals surface area contributed by atoms with E-state index in [1.807, 2.05) is 6.26 Å². The van der Waals surface area contributed by atoms with Crippen molar-refractivity contribution >= 4 is 10.5 Å². The molecule has 0 atom stereocenters. The van der Waals surface area contributed by atoms with E-state index in [-0.39, 0.29) is 0 Å². The lowest BCUT2D eigenvalue weighted by Gasteiger charge is -1.90. The average Bonchev–Trinajstić information content (AvgIpc) is 1.89. The van der Waals surface area contributed by atoms with Crippen LogP contribution in [0.5, 0.6) is 0 Å². The van der Waals surface area contributed by atoms with E-state index in [2.05, 4.69) is 13.0 Å². The van der Waals surface area contributed by atoms with Gasteiger partial charge in [-0.2, -0.15) is 0 Å². The third kappa shape index (κ3) is 7.76. The Morgan fingerprint density at radius 2 is 2.22 bits per heavy atom. The molecule has 0 aliphatic carbocycles. The van der Waals surface area contributed by atoms with Gasteiger partial charge in [0.1, 0.15) is 0 Å². The van der Waals surface area contributed by atoms with Crippen molar-refractivity contribution in [3.63, 3.8) is 0 Å². The van der Waals surface area contributed by atoms with Gasteiger partial charge in [0, 0.05) is 0 Å². The van der Waals surface area contributed by atoms with E-state index >= 15 is 0 Å². The van der Waals surface area contributed by atoms with Gasteiger partial charge in [-0.25, -0.2) is 0 Å². The molecule has 0 radical (unpaired) electrons. The summed E-state index contributed by atoms with van der Waals surface area (Å²) in [6.07, 6.45) is 9.03. The smallest absolute Gasteiger partial charge is 0.203 e. The molecule has 0 fully saturated rings. The molecule has 0 aliphatic heterocycles. The zero-order valence-corrected chi connectivity index (χ0v) is 8.39. The van der Waals surface area contributed by atoms with Crippen molar-refractivity contribution in [3.05, 3.63) is 12.3 Å². The van der Waals surface area contributed by atoms with Crippen LogP contribution in [0, 0.1) is 0 Å². The van der Waals surface area contributed by atoms with Crippen LogP contribution in [-0.4, -0.2) is 10.5 Å². The third-order valence-electron chi connectivity index (χ3n) is 1.21. The number of hydrogen-bond donors (Lipinski definition) is 0. The molecule has 0 saturated heterocycles. The monoisotopic (exact) mass is 144 g/mol. The van der Waals surface area contributed by atoms with Crippen molar-refractivity contribution in [2.24, 2.45) is 0 Å². The average molecular weight is 144 g/mol. The summed E-state index contributed by atoms with van der Waals surface area (Å²) in [5, 5.41) is 0. The van der Waals surface area contributed by atoms with E-state index in [4.69, 9.17) is 4.43 Å². The van der Waals surface area contributed by atoms with Gasteiger partial charge in [0.25, 0.3) is 0 Å². The molecule has 0 aromatic heterocycles. The number of hydrogen-bond acceptors (Lipinski definition) is 1. The Kier molecular flexibility index (Phi) is 7.55. The molecule has 54 valence electrons. The predicted molar refractivity (Wildman–Crippen MR) is 44.3 cm³/mol. The molecule has 0 aromatic rings. The molecule has 0 saturated carbocycles. The minimum atomic E-state index is 0.821. The van der Waals surface area contributed by atoms with Crippen LogP contribution in [-0.2, 0) is 4.43 Å². The van der Waals surface area contributed by atoms with Crippen molar-refractivity contribution in [1.29, 1.82) is 0 Å². The second-order valence-corrected chi connectivity index (χ2v) is 2.57. The van der Waals surface area contributed by atoms with Gasteiger partial charge in [-0.05, 0) is 12.8 Å². The molecule has 0 rings (SSSR count). The Morgan fingerprint density at radius 1 is 1.44 bits per heavy atom. The predicted octanol–water partition coefficient (Wildman–Crippen LogP) is 1.38. The Hall–Kier alpha value is -0.243. The maximum absolute atomic E-state index is 4.88. The van der Waals surface area contributed by atoms with Gasteiger partial charge >= 0.3 is 0 Å². The second kappa shape index (κ2) is 7.76. The van der Waals surface area contributed by atoms with Gasteiger partial charge < -0.3 is 4.43 Å². The summed E-state index contributed by atoms with van der Waals surface area (Å²) < 4.78 is 4.88. The Bertz CT molecular complexity index is 71.3. The largest absolute Gasteiger partial charge is 0.559 e. The van der Waals surface area contributed by atoms with Crippen molar-refractivity contribution in [2.75, 3.05) is 0 Å². The fourth-order valence-corrected chi connectivity index (χ4v) is 0.869. The lowest BCUT2D eigenvalue weighted by atomic mass is 10.2. The van der Waals surface area contributed by atoms with Gasteiger partial charge in [-0.3, -0.25) is 0 Å². The molecule has 0 N–H and O–H groups in total. The highest BCUT2D eigenvalue weighted by atomic mass is 28.2. The van der Waals surface area contributed by atoms with E-state index in [9.17, 15) is 0 Å². The van der Waals surface area contributed by atoms with Crippen LogP contribution >= 0.6 is 0 Å². The molecule has 0 aromatic carbocycles. The van der Waals surface area contributed by atoms with E-state index in [0.717, 1.165) is 10.5 Å². The van der Waals surface area contributed by atoms with Gasteiger partial charge in [0.05, 0.1) is 6.26 Å². The fourth-order valence-electron chi connectivity index (χ4n) is 0.676. The van der Waals surface area contributed by atoms with Crippen LogP contribution in [0.2, 0.25) is 0 Å². The van der Waals surface area contributed by atoms with Crippen molar-refractivity contribution < 1.29 is 4.43 Å². The zero-order valence-electron chi connectivity index (χ0n) is 6.39. The van der Waals surface area contributed by atoms with E-state index < -0.39 is 0 Å². The Balaban J connectivity index is 2.82. The molecular weight excluding hydrogens is 128 g/mol. The molecule has 1 nitrogen and oxygen atoms in total. The van der Waals surface area contributed by atoms with Crippen LogP contribution in [0.1, 0.15) is 32.6 Å². The van der Waals surface area contributed by atoms with E-state index in [1.165, 1.54) is 25.7 Å². The minimum absolute atomic E-state index is 0.821. The molecule has 0 amide bonds. The van der Waals surface area contributed by atoms with Gasteiger partial charge in [0.2, 0.25) is 10.5 Å². The molecule has 2 heteroatoms. The highest BCUT2D eigenvalue weighted by Crippen LogP contribution is 1.98. The normalized spacial score (nSPS) is 10.8. The summed E-state index contributed by atoms with van der Waals surface area (Å²) in [5.41, 5.74) is 0. The Labute approximate surface area is 60.6 Å². The van der Waals surface area contributed by atoms with Crippen LogP contribution in [0.25, 0.3) is 0 Å². The summed E-state index contributed by atoms with van der Waals surface area (Å²) in [6, 6.07) is 0. The van der Waals surface area contributed by atoms with Crippen molar-refractivity contribution in [1.82, 2.24) is 0 Å². The number of unbranched alkanes of at least 4 members (excludes halogenated alkanes) is 3. The lowest BCUT2D eigenvalue weighted by molar-refractivity contribution is 0.530. The minimum Gasteiger partial charge on any atom is -0.559 e. The molecule has 0 aliphatic rings. The van der Waals surface area contributed by atoms with Gasteiger partial charge in [-0.15, -0.1) is 0 Å². The highest BCUT2D eigenvalue weighted by molar-refractivity contribution is 5.98. The summed E-state index contributed by atoms with van der Waals surface area (Å²) in [4.78, 5) is 0. The van der Waals surface area contributed by atoms with Crippen LogP contribution in [0.15, 0.2) is 12.3 Å². The molecular formula is C7H16OSi. The van der Waals surface area contributed by atoms with E-state index in [0.29, 0.717) is 0 Å². The maximum atomic E-state index is 4.88. The van der Waals surface area contributed by atoms with Crippen LogP contribution in [0.3, 0.4) is 0 Å². The molecule has 0 bridgehead atoms. The molecule has 0 heterocycles. The first kappa shape index (κ1) is 8.76. The first-order valence-electron chi connectivity index (χ1n) is 3.59. The lowest BCUT2D eigenvalue weighted by Crippen LogP contribution is -1.72. The van der Waals surface area contributed by atoms with Crippen LogP contribution in [0.4, 0.5) is 0 Å².